The zero-order valence-electron chi connectivity index (χ0n) is 12.2. The Morgan fingerprint density at radius 2 is 1.95 bits per heavy atom. The lowest BCUT2D eigenvalue weighted by atomic mass is 9.85. The minimum absolute atomic E-state index is 0.116. The van der Waals surface area contributed by atoms with E-state index in [4.69, 9.17) is 5.73 Å². The molecule has 1 aliphatic rings. The van der Waals surface area contributed by atoms with Crippen LogP contribution in [0.25, 0.3) is 0 Å². The first-order valence-electron chi connectivity index (χ1n) is 7.22. The fourth-order valence-electron chi connectivity index (χ4n) is 2.89. The third kappa shape index (κ3) is 3.59. The van der Waals surface area contributed by atoms with Crippen LogP contribution in [0.5, 0.6) is 0 Å². The Hall–Kier alpha value is -0.910. The van der Waals surface area contributed by atoms with E-state index in [0.717, 1.165) is 36.8 Å². The molecule has 0 amide bonds. The van der Waals surface area contributed by atoms with Crippen molar-refractivity contribution in [2.24, 2.45) is 11.7 Å². The van der Waals surface area contributed by atoms with E-state index in [1.165, 1.54) is 0 Å². The van der Waals surface area contributed by atoms with Crippen molar-refractivity contribution in [2.45, 2.75) is 50.5 Å². The van der Waals surface area contributed by atoms with Crippen LogP contribution >= 0.6 is 0 Å². The summed E-state index contributed by atoms with van der Waals surface area (Å²) in [6, 6.07) is 5.51. The lowest BCUT2D eigenvalue weighted by molar-refractivity contribution is 0.308. The monoisotopic (exact) mass is 296 g/mol. The van der Waals surface area contributed by atoms with Crippen molar-refractivity contribution >= 4 is 10.0 Å². The van der Waals surface area contributed by atoms with Crippen LogP contribution in [0.15, 0.2) is 23.1 Å². The zero-order chi connectivity index (χ0) is 14.8. The Morgan fingerprint density at radius 3 is 2.60 bits per heavy atom. The van der Waals surface area contributed by atoms with Crippen molar-refractivity contribution in [2.75, 3.05) is 6.54 Å². The number of nitrogens with one attached hydrogen (secondary N) is 1. The van der Waals surface area contributed by atoms with Crippen molar-refractivity contribution in [3.05, 3.63) is 29.3 Å². The topological polar surface area (TPSA) is 72.2 Å². The van der Waals surface area contributed by atoms with E-state index >= 15 is 0 Å². The zero-order valence-corrected chi connectivity index (χ0v) is 13.0. The van der Waals surface area contributed by atoms with Gasteiger partial charge in [-0.25, -0.2) is 13.1 Å². The molecule has 0 saturated heterocycles. The maximum Gasteiger partial charge on any atom is 0.240 e. The number of rotatable bonds is 4. The lowest BCUT2D eigenvalue weighted by Gasteiger charge is -2.28. The Morgan fingerprint density at radius 1 is 1.25 bits per heavy atom. The van der Waals surface area contributed by atoms with Crippen LogP contribution in [-0.4, -0.2) is 21.0 Å². The molecular weight excluding hydrogens is 272 g/mol. The highest BCUT2D eigenvalue weighted by Crippen LogP contribution is 2.23. The molecule has 0 aliphatic heterocycles. The average Bonchev–Trinajstić information content (AvgIpc) is 2.37. The molecule has 2 rings (SSSR count). The molecule has 0 aromatic heterocycles. The summed E-state index contributed by atoms with van der Waals surface area (Å²) >= 11 is 0. The molecule has 0 bridgehead atoms. The molecule has 1 saturated carbocycles. The molecule has 2 unspecified atom stereocenters. The van der Waals surface area contributed by atoms with Crippen molar-refractivity contribution in [3.8, 4) is 0 Å². The number of sulfonamides is 1. The molecule has 1 aromatic rings. The van der Waals surface area contributed by atoms with Crippen LogP contribution in [0.1, 0.15) is 36.8 Å². The Kier molecular flexibility index (Phi) is 4.83. The molecule has 3 N–H and O–H groups in total. The Bertz CT molecular complexity index is 569. The van der Waals surface area contributed by atoms with E-state index in [-0.39, 0.29) is 12.0 Å². The number of benzene rings is 1. The third-order valence-electron chi connectivity index (χ3n) is 4.12. The second kappa shape index (κ2) is 6.24. The second-order valence-electron chi connectivity index (χ2n) is 5.83. The summed E-state index contributed by atoms with van der Waals surface area (Å²) in [7, 11) is -3.44. The Labute approximate surface area is 121 Å². The van der Waals surface area contributed by atoms with E-state index in [1.54, 1.807) is 6.07 Å². The largest absolute Gasteiger partial charge is 0.327 e. The molecule has 4 nitrogen and oxygen atoms in total. The third-order valence-corrected chi connectivity index (χ3v) is 5.71. The van der Waals surface area contributed by atoms with Crippen molar-refractivity contribution < 1.29 is 8.42 Å². The van der Waals surface area contributed by atoms with Gasteiger partial charge >= 0.3 is 0 Å². The van der Waals surface area contributed by atoms with E-state index in [2.05, 4.69) is 4.72 Å². The summed E-state index contributed by atoms with van der Waals surface area (Å²) in [6.07, 6.45) is 4.30. The Balaban J connectivity index is 2.07. The van der Waals surface area contributed by atoms with E-state index in [0.29, 0.717) is 11.4 Å². The van der Waals surface area contributed by atoms with Gasteiger partial charge in [-0.05, 0) is 44.2 Å². The molecule has 112 valence electrons. The predicted octanol–water partition coefficient (Wildman–Crippen LogP) is 2.10. The van der Waals surface area contributed by atoms with Crippen LogP contribution in [0, 0.1) is 19.8 Å². The summed E-state index contributed by atoms with van der Waals surface area (Å²) in [5.41, 5.74) is 7.91. The van der Waals surface area contributed by atoms with Crippen molar-refractivity contribution in [3.63, 3.8) is 0 Å². The molecular formula is C15H24N2O2S. The van der Waals surface area contributed by atoms with Crippen LogP contribution in [0.2, 0.25) is 0 Å². The number of aryl methyl sites for hydroxylation is 2. The lowest BCUT2D eigenvalue weighted by Crippen LogP contribution is -2.41. The summed E-state index contributed by atoms with van der Waals surface area (Å²) in [5.74, 6) is 0.254. The molecule has 2 atom stereocenters. The second-order valence-corrected chi connectivity index (χ2v) is 7.56. The van der Waals surface area contributed by atoms with Crippen molar-refractivity contribution in [1.29, 1.82) is 0 Å². The van der Waals surface area contributed by atoms with Crippen LogP contribution in [0.4, 0.5) is 0 Å². The van der Waals surface area contributed by atoms with Crippen LogP contribution < -0.4 is 10.5 Å². The van der Waals surface area contributed by atoms with Gasteiger partial charge in [-0.3, -0.25) is 0 Å². The molecule has 0 heterocycles. The summed E-state index contributed by atoms with van der Waals surface area (Å²) in [5, 5.41) is 0. The molecule has 20 heavy (non-hydrogen) atoms. The average molecular weight is 296 g/mol. The fraction of sp³-hybridized carbons (Fsp3) is 0.600. The van der Waals surface area contributed by atoms with E-state index < -0.39 is 10.0 Å². The SMILES string of the molecule is Cc1ccc(S(=O)(=O)NCC2CCCCC2N)c(C)c1. The minimum Gasteiger partial charge on any atom is -0.327 e. The standard InChI is InChI=1S/C15H24N2O2S/c1-11-7-8-15(12(2)9-11)20(18,19)17-10-13-5-3-4-6-14(13)16/h7-9,13-14,17H,3-6,10,16H2,1-2H3. The van der Waals surface area contributed by atoms with Gasteiger partial charge in [0.25, 0.3) is 0 Å². The maximum atomic E-state index is 12.4. The van der Waals surface area contributed by atoms with Gasteiger partial charge in [0, 0.05) is 12.6 Å². The minimum atomic E-state index is -3.44. The summed E-state index contributed by atoms with van der Waals surface area (Å²) in [4.78, 5) is 0.368. The van der Waals surface area contributed by atoms with Crippen LogP contribution in [-0.2, 0) is 10.0 Å². The van der Waals surface area contributed by atoms with Gasteiger partial charge in [-0.2, -0.15) is 0 Å². The molecule has 1 aromatic carbocycles. The number of hydrogen-bond donors (Lipinski definition) is 2. The van der Waals surface area contributed by atoms with Gasteiger partial charge in [0.05, 0.1) is 4.90 Å². The molecule has 5 heteroatoms. The number of hydrogen-bond acceptors (Lipinski definition) is 3. The maximum absolute atomic E-state index is 12.4. The molecule has 0 spiro atoms. The highest BCUT2D eigenvalue weighted by molar-refractivity contribution is 7.89. The molecule has 0 radical (unpaired) electrons. The molecule has 1 aliphatic carbocycles. The van der Waals surface area contributed by atoms with Gasteiger partial charge < -0.3 is 5.73 Å². The first-order valence-corrected chi connectivity index (χ1v) is 8.71. The number of nitrogens with two attached hydrogens (primary N) is 1. The first-order chi connectivity index (χ1) is 9.40. The highest BCUT2D eigenvalue weighted by Gasteiger charge is 2.24. The predicted molar refractivity (Wildman–Crippen MR) is 81.0 cm³/mol. The van der Waals surface area contributed by atoms with E-state index in [9.17, 15) is 8.42 Å². The fourth-order valence-corrected chi connectivity index (χ4v) is 4.20. The molecule has 1 fully saturated rings. The quantitative estimate of drug-likeness (QED) is 0.893. The highest BCUT2D eigenvalue weighted by atomic mass is 32.2. The van der Waals surface area contributed by atoms with Gasteiger partial charge in [0.2, 0.25) is 10.0 Å². The van der Waals surface area contributed by atoms with E-state index in [1.807, 2.05) is 26.0 Å². The summed E-state index contributed by atoms with van der Waals surface area (Å²) in [6.45, 7) is 4.22. The first kappa shape index (κ1) is 15.5. The summed E-state index contributed by atoms with van der Waals surface area (Å²) < 4.78 is 27.5. The van der Waals surface area contributed by atoms with Gasteiger partial charge in [0.1, 0.15) is 0 Å². The van der Waals surface area contributed by atoms with Crippen molar-refractivity contribution in [1.82, 2.24) is 4.72 Å². The van der Waals surface area contributed by atoms with Gasteiger partial charge in [-0.15, -0.1) is 0 Å². The van der Waals surface area contributed by atoms with Crippen LogP contribution in [0.3, 0.4) is 0 Å². The normalized spacial score (nSPS) is 23.8. The van der Waals surface area contributed by atoms with Gasteiger partial charge in [-0.1, -0.05) is 30.5 Å². The van der Waals surface area contributed by atoms with Gasteiger partial charge in [0.15, 0.2) is 0 Å². The smallest absolute Gasteiger partial charge is 0.240 e.